The second-order valence-corrected chi connectivity index (χ2v) is 7.83. The van der Waals surface area contributed by atoms with Crippen LogP contribution in [0.2, 0.25) is 0 Å². The van der Waals surface area contributed by atoms with Crippen LogP contribution in [0.5, 0.6) is 0 Å². The van der Waals surface area contributed by atoms with Gasteiger partial charge >= 0.3 is 0 Å². The molecule has 154 valence electrons. The largest absolute Gasteiger partial charge is 0.395 e. The lowest BCUT2D eigenvalue weighted by atomic mass is 10.0. The Morgan fingerprint density at radius 1 is 0.656 bits per heavy atom. The van der Waals surface area contributed by atoms with E-state index in [0.29, 0.717) is 11.0 Å². The van der Waals surface area contributed by atoms with Crippen LogP contribution in [-0.4, -0.2) is 19.9 Å². The second-order valence-electron chi connectivity index (χ2n) is 7.83. The maximum atomic E-state index is 8.71. The van der Waals surface area contributed by atoms with Crippen LogP contribution >= 0.6 is 0 Å². The van der Waals surface area contributed by atoms with Crippen LogP contribution in [-0.2, 0) is 0 Å². The molecule has 6 N–H and O–H groups in total. The van der Waals surface area contributed by atoms with Gasteiger partial charge in [-0.2, -0.15) is 0 Å². The highest BCUT2D eigenvalue weighted by Gasteiger charge is 2.12. The van der Waals surface area contributed by atoms with E-state index in [1.165, 1.54) is 0 Å². The van der Waals surface area contributed by atoms with E-state index in [9.17, 15) is 0 Å². The molecule has 0 saturated heterocycles. The fourth-order valence-corrected chi connectivity index (χ4v) is 4.13. The zero-order valence-corrected chi connectivity index (χ0v) is 17.1. The summed E-state index contributed by atoms with van der Waals surface area (Å²) in [6, 6.07) is 23.9. The number of rotatable bonds is 1. The fourth-order valence-electron chi connectivity index (χ4n) is 4.13. The molecule has 0 saturated carbocycles. The summed E-state index contributed by atoms with van der Waals surface area (Å²) >= 11 is 0. The van der Waals surface area contributed by atoms with Crippen molar-refractivity contribution in [1.82, 2.24) is 19.9 Å². The lowest BCUT2D eigenvalue weighted by Gasteiger charge is -2.03. The van der Waals surface area contributed by atoms with Gasteiger partial charge in [0, 0.05) is 22.1 Å². The summed E-state index contributed by atoms with van der Waals surface area (Å²) in [5, 5.41) is 9.11. The third kappa shape index (κ3) is 2.97. The highest BCUT2D eigenvalue weighted by atomic mass is 14.8. The number of aromatic amines is 3. The topological polar surface area (TPSA) is 110 Å². The first-order chi connectivity index (χ1) is 15.7. The molecule has 4 aromatic heterocycles. The molecule has 8 bridgehead atoms. The minimum Gasteiger partial charge on any atom is -0.395 e. The molecule has 6 rings (SSSR count). The van der Waals surface area contributed by atoms with E-state index in [1.807, 2.05) is 72.8 Å². The Bertz CT molecular complexity index is 1700. The van der Waals surface area contributed by atoms with Gasteiger partial charge in [0.25, 0.3) is 0 Å². The summed E-state index contributed by atoms with van der Waals surface area (Å²) < 4.78 is 0. The van der Waals surface area contributed by atoms with Gasteiger partial charge in [-0.3, -0.25) is 5.41 Å². The van der Waals surface area contributed by atoms with Crippen molar-refractivity contribution in [1.29, 1.82) is 5.41 Å². The molecule has 1 aliphatic heterocycles. The van der Waals surface area contributed by atoms with Gasteiger partial charge in [0.05, 0.1) is 33.6 Å². The highest BCUT2D eigenvalue weighted by molar-refractivity contribution is 5.93. The second kappa shape index (κ2) is 6.99. The smallest absolute Gasteiger partial charge is 0.101 e. The number of anilines is 1. The zero-order valence-electron chi connectivity index (χ0n) is 17.1. The van der Waals surface area contributed by atoms with Crippen LogP contribution in [0.1, 0.15) is 11.4 Å². The monoisotopic (exact) mass is 416 g/mol. The zero-order chi connectivity index (χ0) is 21.7. The number of benzene rings is 1. The lowest BCUT2D eigenvalue weighted by molar-refractivity contribution is 1.29. The summed E-state index contributed by atoms with van der Waals surface area (Å²) in [6.07, 6.45) is 3.93. The number of hydrogen-bond donors (Lipinski definition) is 5. The molecule has 0 spiro atoms. The molecule has 0 aliphatic carbocycles. The van der Waals surface area contributed by atoms with Crippen molar-refractivity contribution in [2.45, 2.75) is 0 Å². The molecule has 6 nitrogen and oxygen atoms in total. The Kier molecular flexibility index (Phi) is 3.98. The maximum Gasteiger partial charge on any atom is 0.101 e. The van der Waals surface area contributed by atoms with Crippen LogP contribution in [0.15, 0.2) is 72.8 Å². The minimum absolute atomic E-state index is 0.399. The number of hydrogen-bond acceptors (Lipinski definition) is 3. The molecular formula is C26H20N6. The molecule has 0 fully saturated rings. The lowest BCUT2D eigenvalue weighted by Crippen LogP contribution is -1.98. The van der Waals surface area contributed by atoms with Crippen LogP contribution in [0.3, 0.4) is 0 Å². The molecule has 5 heterocycles. The number of nitrogens with zero attached hydrogens (tertiary/aromatic N) is 1. The molecule has 1 aliphatic rings. The molecule has 1 aromatic carbocycles. The highest BCUT2D eigenvalue weighted by Crippen LogP contribution is 2.30. The summed E-state index contributed by atoms with van der Waals surface area (Å²) in [4.78, 5) is 15.0. The van der Waals surface area contributed by atoms with Crippen molar-refractivity contribution in [3.63, 3.8) is 0 Å². The Balaban J connectivity index is 1.81. The van der Waals surface area contributed by atoms with Crippen LogP contribution in [0, 0.1) is 5.41 Å². The quantitative estimate of drug-likeness (QED) is 0.246. The van der Waals surface area contributed by atoms with E-state index >= 15 is 0 Å². The van der Waals surface area contributed by atoms with Gasteiger partial charge in [-0.25, -0.2) is 4.98 Å². The summed E-state index contributed by atoms with van der Waals surface area (Å²) in [7, 11) is 0. The molecule has 0 radical (unpaired) electrons. The first-order valence-corrected chi connectivity index (χ1v) is 10.4. The molecular weight excluding hydrogens is 396 g/mol. The number of nitrogens with one attached hydrogen (secondary N) is 4. The number of nitrogen functional groups attached to an aromatic ring is 1. The van der Waals surface area contributed by atoms with Crippen molar-refractivity contribution >= 4 is 50.9 Å². The first-order valence-electron chi connectivity index (χ1n) is 10.4. The standard InChI is InChI=1S/C26H20N6/c27-25-20-8-6-16(29-20)14-17-7-9-21(30-17)26(28)23-13-11-19(32-23)24(15-4-2-1-3-5-15)18-10-12-22(25)31-18/h1-14,27,29-31H,28H2. The van der Waals surface area contributed by atoms with Gasteiger partial charge in [-0.15, -0.1) is 0 Å². The number of nitrogens with two attached hydrogens (primary N) is 1. The predicted octanol–water partition coefficient (Wildman–Crippen LogP) is 5.42. The minimum atomic E-state index is 0.399. The summed E-state index contributed by atoms with van der Waals surface area (Å²) in [5.41, 5.74) is 15.6. The van der Waals surface area contributed by atoms with Gasteiger partial charge in [0.2, 0.25) is 0 Å². The van der Waals surface area contributed by atoms with Crippen molar-refractivity contribution in [3.8, 4) is 11.1 Å². The Hall–Kier alpha value is -4.58. The molecule has 0 unspecified atom stereocenters. The SMILES string of the molecule is N=c1c2ccc(cc3ccc([nH]3)c(N)c3nc(c(-c4ccccc4)c4ccc1[nH]4)C=C3)[nH]2. The third-order valence-corrected chi connectivity index (χ3v) is 5.75. The summed E-state index contributed by atoms with van der Waals surface area (Å²) in [5.74, 6) is 0. The average Bonchev–Trinajstić information content (AvgIpc) is 3.61. The van der Waals surface area contributed by atoms with Crippen molar-refractivity contribution in [2.75, 3.05) is 5.73 Å². The van der Waals surface area contributed by atoms with Crippen molar-refractivity contribution in [3.05, 3.63) is 89.5 Å². The van der Waals surface area contributed by atoms with Crippen LogP contribution < -0.4 is 11.1 Å². The summed E-state index contributed by atoms with van der Waals surface area (Å²) in [6.45, 7) is 0. The van der Waals surface area contributed by atoms with Crippen molar-refractivity contribution in [2.24, 2.45) is 0 Å². The van der Waals surface area contributed by atoms with Gasteiger partial charge in [-0.1, -0.05) is 30.3 Å². The van der Waals surface area contributed by atoms with Crippen molar-refractivity contribution < 1.29 is 0 Å². The maximum absolute atomic E-state index is 8.71. The Labute approximate surface area is 183 Å². The predicted molar refractivity (Wildman–Crippen MR) is 131 cm³/mol. The Morgan fingerprint density at radius 2 is 1.28 bits per heavy atom. The van der Waals surface area contributed by atoms with Gasteiger partial charge < -0.3 is 20.7 Å². The normalized spacial score (nSPS) is 11.9. The first kappa shape index (κ1) is 18.2. The molecule has 5 aromatic rings. The Morgan fingerprint density at radius 3 is 2.09 bits per heavy atom. The molecule has 0 atom stereocenters. The van der Waals surface area contributed by atoms with E-state index in [4.69, 9.17) is 16.1 Å². The average molecular weight is 416 g/mol. The van der Waals surface area contributed by atoms with Crippen LogP contribution in [0.25, 0.3) is 56.4 Å². The molecule has 0 amide bonds. The fraction of sp³-hybridized carbons (Fsp3) is 0. The van der Waals surface area contributed by atoms with Crippen LogP contribution in [0.4, 0.5) is 5.69 Å². The molecule has 6 heteroatoms. The van der Waals surface area contributed by atoms with E-state index in [2.05, 4.69) is 27.1 Å². The van der Waals surface area contributed by atoms with E-state index < -0.39 is 0 Å². The third-order valence-electron chi connectivity index (χ3n) is 5.75. The van der Waals surface area contributed by atoms with Gasteiger partial charge in [0.1, 0.15) is 5.36 Å². The van der Waals surface area contributed by atoms with Gasteiger partial charge in [0.15, 0.2) is 0 Å². The molecule has 32 heavy (non-hydrogen) atoms. The van der Waals surface area contributed by atoms with Gasteiger partial charge in [-0.05, 0) is 60.2 Å². The van der Waals surface area contributed by atoms with E-state index in [0.717, 1.165) is 55.6 Å². The van der Waals surface area contributed by atoms with E-state index in [1.54, 1.807) is 0 Å². The number of H-pyrrole nitrogens is 3. The number of fused-ring (bicyclic) bond motifs is 8. The van der Waals surface area contributed by atoms with E-state index in [-0.39, 0.29) is 0 Å². The number of aromatic nitrogens is 4.